The molecule has 10 heteroatoms. The van der Waals surface area contributed by atoms with E-state index in [-0.39, 0.29) is 17.0 Å². The van der Waals surface area contributed by atoms with Crippen LogP contribution in [-0.2, 0) is 14.3 Å². The van der Waals surface area contributed by atoms with Crippen LogP contribution in [0.4, 0.5) is 24.5 Å². The number of carbonyl (C=O) groups is 4. The zero-order valence-electron chi connectivity index (χ0n) is 15.0. The highest BCUT2D eigenvalue weighted by Crippen LogP contribution is 2.18. The second-order valence-corrected chi connectivity index (χ2v) is 5.79. The molecular weight excluding hydrogens is 393 g/mol. The fourth-order valence-corrected chi connectivity index (χ4v) is 2.09. The molecular formula is C19H15F3N2O5. The molecule has 0 aromatic heterocycles. The van der Waals surface area contributed by atoms with E-state index in [1.165, 1.54) is 31.2 Å². The van der Waals surface area contributed by atoms with Crippen LogP contribution in [-0.4, -0.2) is 36.4 Å². The van der Waals surface area contributed by atoms with Crippen molar-refractivity contribution in [2.45, 2.75) is 13.1 Å². The molecule has 0 aliphatic rings. The van der Waals surface area contributed by atoms with Crippen molar-refractivity contribution in [2.75, 3.05) is 17.2 Å². The summed E-state index contributed by atoms with van der Waals surface area (Å²) < 4.78 is 41.4. The predicted molar refractivity (Wildman–Crippen MR) is 96.5 cm³/mol. The predicted octanol–water partition coefficient (Wildman–Crippen LogP) is 3.19. The van der Waals surface area contributed by atoms with Crippen molar-refractivity contribution in [3.63, 3.8) is 0 Å². The number of carbonyl (C=O) groups excluding carboxylic acids is 4. The molecule has 152 valence electrons. The van der Waals surface area contributed by atoms with Gasteiger partial charge in [0.05, 0.1) is 5.56 Å². The van der Waals surface area contributed by atoms with Gasteiger partial charge in [-0.2, -0.15) is 13.2 Å². The lowest BCUT2D eigenvalue weighted by atomic mass is 10.1. The quantitative estimate of drug-likeness (QED) is 0.565. The molecule has 0 aliphatic heterocycles. The van der Waals surface area contributed by atoms with Crippen molar-refractivity contribution in [3.8, 4) is 0 Å². The largest absolute Gasteiger partial charge is 0.471 e. The maximum absolute atomic E-state index is 12.2. The van der Waals surface area contributed by atoms with E-state index in [1.54, 1.807) is 5.32 Å². The molecule has 0 bridgehead atoms. The molecule has 0 spiro atoms. The van der Waals surface area contributed by atoms with E-state index in [1.807, 2.05) is 0 Å². The van der Waals surface area contributed by atoms with Gasteiger partial charge in [0, 0.05) is 16.9 Å². The van der Waals surface area contributed by atoms with Crippen molar-refractivity contribution in [3.05, 3.63) is 59.7 Å². The Bertz CT molecular complexity index is 922. The molecule has 0 aliphatic carbocycles. The van der Waals surface area contributed by atoms with E-state index in [2.05, 4.69) is 5.32 Å². The summed E-state index contributed by atoms with van der Waals surface area (Å²) in [6.07, 6.45) is -5.03. The number of alkyl halides is 3. The van der Waals surface area contributed by atoms with Gasteiger partial charge in [0.25, 0.3) is 5.91 Å². The van der Waals surface area contributed by atoms with E-state index in [9.17, 15) is 32.3 Å². The number of Topliss-reactive ketones (excluding diaryl/α,β-unsaturated/α-hetero) is 1. The zero-order valence-corrected chi connectivity index (χ0v) is 15.0. The number of esters is 1. The molecule has 2 rings (SSSR count). The van der Waals surface area contributed by atoms with Crippen molar-refractivity contribution in [1.29, 1.82) is 0 Å². The standard InChI is InChI=1S/C19H15F3N2O5/c1-11(25)12-2-6-14(7-3-12)23-16(26)10-29-17(27)13-4-8-15(9-5-13)24-18(28)19(20,21)22/h2-9H,10H2,1H3,(H,23,26)(H,24,28). The summed E-state index contributed by atoms with van der Waals surface area (Å²) in [5.74, 6) is -3.76. The van der Waals surface area contributed by atoms with Gasteiger partial charge in [0.15, 0.2) is 12.4 Å². The van der Waals surface area contributed by atoms with Crippen molar-refractivity contribution in [1.82, 2.24) is 0 Å². The molecule has 2 aromatic carbocycles. The Morgan fingerprint density at radius 1 is 0.828 bits per heavy atom. The summed E-state index contributed by atoms with van der Waals surface area (Å²) in [6, 6.07) is 10.6. The normalized spacial score (nSPS) is 10.8. The minimum Gasteiger partial charge on any atom is -0.452 e. The van der Waals surface area contributed by atoms with Gasteiger partial charge >= 0.3 is 18.1 Å². The van der Waals surface area contributed by atoms with Gasteiger partial charge in [-0.1, -0.05) is 0 Å². The van der Waals surface area contributed by atoms with Gasteiger partial charge in [0.1, 0.15) is 0 Å². The molecule has 0 saturated heterocycles. The Labute approximate surface area is 162 Å². The molecule has 29 heavy (non-hydrogen) atoms. The van der Waals surface area contributed by atoms with Gasteiger partial charge in [-0.3, -0.25) is 14.4 Å². The third kappa shape index (κ3) is 6.45. The maximum Gasteiger partial charge on any atom is 0.471 e. The lowest BCUT2D eigenvalue weighted by Crippen LogP contribution is -2.29. The van der Waals surface area contributed by atoms with Crippen LogP contribution in [0.2, 0.25) is 0 Å². The van der Waals surface area contributed by atoms with Crippen molar-refractivity contribution < 1.29 is 37.1 Å². The molecule has 2 amide bonds. The highest BCUT2D eigenvalue weighted by Gasteiger charge is 2.38. The summed E-state index contributed by atoms with van der Waals surface area (Å²) in [5.41, 5.74) is 0.703. The van der Waals surface area contributed by atoms with Crippen LogP contribution in [0, 0.1) is 0 Å². The third-order valence-electron chi connectivity index (χ3n) is 3.55. The number of hydrogen-bond donors (Lipinski definition) is 2. The van der Waals surface area contributed by atoms with Crippen LogP contribution in [0.5, 0.6) is 0 Å². The van der Waals surface area contributed by atoms with Gasteiger partial charge in [-0.15, -0.1) is 0 Å². The summed E-state index contributed by atoms with van der Waals surface area (Å²) in [7, 11) is 0. The van der Waals surface area contributed by atoms with Crippen molar-refractivity contribution >= 4 is 34.9 Å². The van der Waals surface area contributed by atoms with Gasteiger partial charge in [-0.05, 0) is 55.5 Å². The Morgan fingerprint density at radius 2 is 1.31 bits per heavy atom. The van der Waals surface area contributed by atoms with Crippen LogP contribution in [0.25, 0.3) is 0 Å². The first kappa shape index (κ1) is 21.6. The summed E-state index contributed by atoms with van der Waals surface area (Å²) in [4.78, 5) is 45.8. The number of ketones is 1. The number of rotatable bonds is 6. The topological polar surface area (TPSA) is 102 Å². The minimum absolute atomic E-state index is 0.0198. The number of nitrogens with one attached hydrogen (secondary N) is 2. The summed E-state index contributed by atoms with van der Waals surface area (Å²) in [5, 5.41) is 4.11. The van der Waals surface area contributed by atoms with Gasteiger partial charge < -0.3 is 15.4 Å². The smallest absolute Gasteiger partial charge is 0.452 e. The molecule has 0 saturated carbocycles. The van der Waals surface area contributed by atoms with Crippen LogP contribution >= 0.6 is 0 Å². The van der Waals surface area contributed by atoms with Crippen molar-refractivity contribution in [2.24, 2.45) is 0 Å². The van der Waals surface area contributed by atoms with Crippen LogP contribution in [0.15, 0.2) is 48.5 Å². The average molecular weight is 408 g/mol. The fraction of sp³-hybridized carbons (Fsp3) is 0.158. The molecule has 0 atom stereocenters. The van der Waals surface area contributed by atoms with E-state index >= 15 is 0 Å². The summed E-state index contributed by atoms with van der Waals surface area (Å²) in [6.45, 7) is 0.809. The number of halogens is 3. The lowest BCUT2D eigenvalue weighted by molar-refractivity contribution is -0.167. The second-order valence-electron chi connectivity index (χ2n) is 5.79. The molecule has 2 aromatic rings. The first-order valence-corrected chi connectivity index (χ1v) is 8.12. The second kappa shape index (κ2) is 9.00. The van der Waals surface area contributed by atoms with E-state index in [0.717, 1.165) is 24.3 Å². The molecule has 0 fully saturated rings. The molecule has 0 unspecified atom stereocenters. The zero-order chi connectivity index (χ0) is 21.6. The van der Waals surface area contributed by atoms with Crippen LogP contribution in [0.3, 0.4) is 0 Å². The van der Waals surface area contributed by atoms with Crippen LogP contribution < -0.4 is 10.6 Å². The third-order valence-corrected chi connectivity index (χ3v) is 3.55. The number of ether oxygens (including phenoxy) is 1. The average Bonchev–Trinajstić information content (AvgIpc) is 2.66. The first-order valence-electron chi connectivity index (χ1n) is 8.12. The molecule has 2 N–H and O–H groups in total. The Morgan fingerprint density at radius 3 is 1.79 bits per heavy atom. The number of amides is 2. The Kier molecular flexibility index (Phi) is 6.71. The maximum atomic E-state index is 12.2. The number of benzene rings is 2. The summed E-state index contributed by atoms with van der Waals surface area (Å²) >= 11 is 0. The number of anilines is 2. The van der Waals surface area contributed by atoms with E-state index in [4.69, 9.17) is 4.74 Å². The molecule has 0 radical (unpaired) electrons. The lowest BCUT2D eigenvalue weighted by Gasteiger charge is -2.09. The molecule has 0 heterocycles. The van der Waals surface area contributed by atoms with E-state index < -0.39 is 30.6 Å². The Balaban J connectivity index is 1.86. The van der Waals surface area contributed by atoms with Gasteiger partial charge in [-0.25, -0.2) is 4.79 Å². The van der Waals surface area contributed by atoms with Crippen LogP contribution in [0.1, 0.15) is 27.6 Å². The highest BCUT2D eigenvalue weighted by molar-refractivity contribution is 5.98. The monoisotopic (exact) mass is 408 g/mol. The van der Waals surface area contributed by atoms with Gasteiger partial charge in [0.2, 0.25) is 0 Å². The minimum atomic E-state index is -5.03. The SMILES string of the molecule is CC(=O)c1ccc(NC(=O)COC(=O)c2ccc(NC(=O)C(F)(F)F)cc2)cc1. The highest BCUT2D eigenvalue weighted by atomic mass is 19.4. The number of hydrogen-bond acceptors (Lipinski definition) is 5. The molecule has 7 nitrogen and oxygen atoms in total. The Hall–Kier alpha value is -3.69. The van der Waals surface area contributed by atoms with E-state index in [0.29, 0.717) is 11.3 Å². The first-order chi connectivity index (χ1) is 13.6. The fourth-order valence-electron chi connectivity index (χ4n) is 2.09.